The van der Waals surface area contributed by atoms with Crippen LogP contribution >= 0.6 is 0 Å². The van der Waals surface area contributed by atoms with Crippen LogP contribution in [-0.4, -0.2) is 16.3 Å². The molecule has 19 heavy (non-hydrogen) atoms. The summed E-state index contributed by atoms with van der Waals surface area (Å²) in [6.45, 7) is 0. The van der Waals surface area contributed by atoms with Crippen LogP contribution in [0.2, 0.25) is 0 Å². The fourth-order valence-corrected chi connectivity index (χ4v) is 5.05. The van der Waals surface area contributed by atoms with Gasteiger partial charge in [-0.15, -0.1) is 0 Å². The van der Waals surface area contributed by atoms with Crippen molar-refractivity contribution in [3.05, 3.63) is 41.4 Å². The molecule has 0 N–H and O–H groups in total. The van der Waals surface area contributed by atoms with Crippen molar-refractivity contribution < 1.29 is 4.70 Å². The molecule has 0 aromatic heterocycles. The lowest BCUT2D eigenvalue weighted by molar-refractivity contribution is -0.657. The van der Waals surface area contributed by atoms with Crippen LogP contribution in [0.1, 0.15) is 50.5 Å². The Hall–Kier alpha value is -1.18. The van der Waals surface area contributed by atoms with Gasteiger partial charge in [-0.25, -0.2) is 0 Å². The molecule has 2 heterocycles. The summed E-state index contributed by atoms with van der Waals surface area (Å²) in [6, 6.07) is 11.1. The molecule has 2 saturated heterocycles. The highest BCUT2D eigenvalue weighted by atomic mass is 15.3. The van der Waals surface area contributed by atoms with E-state index in [1.165, 1.54) is 50.5 Å². The normalized spacial score (nSPS) is 40.4. The quantitative estimate of drug-likeness (QED) is 0.709. The van der Waals surface area contributed by atoms with Crippen LogP contribution in [0, 0.1) is 5.41 Å². The van der Waals surface area contributed by atoms with Gasteiger partial charge in [-0.1, -0.05) is 30.3 Å². The summed E-state index contributed by atoms with van der Waals surface area (Å²) in [4.78, 5) is 0. The summed E-state index contributed by atoms with van der Waals surface area (Å²) < 4.78 is 1.79. The molecule has 4 fully saturated rings. The molecule has 2 nitrogen and oxygen atoms in total. The third-order valence-corrected chi connectivity index (χ3v) is 6.05. The molecule has 1 spiro atoms. The van der Waals surface area contributed by atoms with Gasteiger partial charge in [-0.2, -0.15) is 0 Å². The first kappa shape index (κ1) is 11.6. The number of nitrogens with zero attached hydrogens (tertiary/aromatic N) is 2. The zero-order chi connectivity index (χ0) is 12.9. The van der Waals surface area contributed by atoms with Crippen LogP contribution in [-0.2, 0) is 6.42 Å². The molecule has 2 saturated carbocycles. The lowest BCUT2D eigenvalue weighted by atomic mass is 9.72. The molecule has 100 valence electrons. The van der Waals surface area contributed by atoms with Crippen LogP contribution in [0.25, 0.3) is 5.53 Å². The fourth-order valence-electron chi connectivity index (χ4n) is 5.05. The zero-order valence-electron chi connectivity index (χ0n) is 11.5. The third kappa shape index (κ3) is 1.69. The molecule has 2 aliphatic heterocycles. The molecular weight excluding hydrogens is 232 g/mol. The average Bonchev–Trinajstić information content (AvgIpc) is 2.69. The van der Waals surface area contributed by atoms with E-state index in [1.54, 1.807) is 4.70 Å². The predicted molar refractivity (Wildman–Crippen MR) is 75.0 cm³/mol. The first-order valence-electron chi connectivity index (χ1n) is 7.74. The highest BCUT2D eigenvalue weighted by Gasteiger charge is 2.59. The predicted octanol–water partition coefficient (Wildman–Crippen LogP) is 4.13. The molecule has 1 aromatic carbocycles. The second-order valence-electron chi connectivity index (χ2n) is 7.14. The molecule has 1 atom stereocenters. The van der Waals surface area contributed by atoms with Crippen LogP contribution < -0.4 is 0 Å². The van der Waals surface area contributed by atoms with E-state index in [0.717, 1.165) is 6.42 Å². The molecule has 0 radical (unpaired) electrons. The maximum atomic E-state index is 10.8. The molecule has 1 aromatic rings. The molecule has 0 amide bonds. The molecule has 5 rings (SSSR count). The maximum Gasteiger partial charge on any atom is 0.155 e. The minimum atomic E-state index is 0.0268. The van der Waals surface area contributed by atoms with E-state index in [4.69, 9.17) is 0 Å². The lowest BCUT2D eigenvalue weighted by Crippen LogP contribution is -2.44. The van der Waals surface area contributed by atoms with E-state index in [9.17, 15) is 5.53 Å². The molecule has 3 bridgehead atoms. The van der Waals surface area contributed by atoms with E-state index >= 15 is 0 Å². The van der Waals surface area contributed by atoms with Gasteiger partial charge in [0.25, 0.3) is 0 Å². The lowest BCUT2D eigenvalue weighted by Gasteiger charge is -2.35. The van der Waals surface area contributed by atoms with Crippen molar-refractivity contribution in [1.29, 1.82) is 0 Å². The van der Waals surface area contributed by atoms with Crippen molar-refractivity contribution >= 4 is 0 Å². The SMILES string of the molecule is [N-]=[N+]1C2CCC3(CC2)CCC1(Cc1ccccc1)C3. The van der Waals surface area contributed by atoms with E-state index < -0.39 is 0 Å². The van der Waals surface area contributed by atoms with Gasteiger partial charge in [0.1, 0.15) is 6.04 Å². The van der Waals surface area contributed by atoms with Gasteiger partial charge in [0, 0.05) is 32.1 Å². The summed E-state index contributed by atoms with van der Waals surface area (Å²) in [6.07, 6.45) is 9.81. The van der Waals surface area contributed by atoms with Gasteiger partial charge in [0.2, 0.25) is 0 Å². The topological polar surface area (TPSA) is 25.3 Å². The monoisotopic (exact) mass is 254 g/mol. The number of hydrogen-bond donors (Lipinski definition) is 0. The summed E-state index contributed by atoms with van der Waals surface area (Å²) in [5, 5.41) is 0. The van der Waals surface area contributed by atoms with E-state index in [0.29, 0.717) is 11.5 Å². The molecule has 2 heteroatoms. The van der Waals surface area contributed by atoms with Crippen molar-refractivity contribution in [2.24, 2.45) is 5.41 Å². The Kier molecular flexibility index (Phi) is 2.39. The Morgan fingerprint density at radius 2 is 1.79 bits per heavy atom. The van der Waals surface area contributed by atoms with Gasteiger partial charge in [-0.05, 0) is 30.2 Å². The molecular formula is C17H22N2. The second kappa shape index (κ2) is 3.91. The highest BCUT2D eigenvalue weighted by molar-refractivity contribution is 5.19. The number of hydrogen-bond acceptors (Lipinski definition) is 0. The molecule has 2 aliphatic carbocycles. The number of benzene rings is 1. The molecule has 4 aliphatic rings. The first-order valence-corrected chi connectivity index (χ1v) is 7.74. The average molecular weight is 254 g/mol. The maximum absolute atomic E-state index is 10.8. The van der Waals surface area contributed by atoms with E-state index in [1.807, 2.05) is 0 Å². The standard InChI is InChI=1S/C17H22N2/c18-19-15-6-8-16(9-7-15)10-11-17(19,13-16)12-14-4-2-1-3-5-14/h1-5,15H,6-13H2. The Labute approximate surface area is 115 Å². The molecule has 1 unspecified atom stereocenters. The Morgan fingerprint density at radius 3 is 2.53 bits per heavy atom. The van der Waals surface area contributed by atoms with Gasteiger partial charge in [0.15, 0.2) is 5.54 Å². The minimum Gasteiger partial charge on any atom is -0.506 e. The van der Waals surface area contributed by atoms with Crippen LogP contribution in [0.3, 0.4) is 0 Å². The Bertz CT molecular complexity index is 499. The van der Waals surface area contributed by atoms with Crippen molar-refractivity contribution in [3.8, 4) is 0 Å². The zero-order valence-corrected chi connectivity index (χ0v) is 11.5. The minimum absolute atomic E-state index is 0.0268. The van der Waals surface area contributed by atoms with E-state index in [-0.39, 0.29) is 5.54 Å². The van der Waals surface area contributed by atoms with Crippen molar-refractivity contribution in [1.82, 2.24) is 0 Å². The van der Waals surface area contributed by atoms with Crippen LogP contribution in [0.15, 0.2) is 30.3 Å². The third-order valence-electron chi connectivity index (χ3n) is 6.05. The number of fused-ring (bicyclic) bond motifs is 2. The van der Waals surface area contributed by atoms with Gasteiger partial charge >= 0.3 is 0 Å². The van der Waals surface area contributed by atoms with Crippen molar-refractivity contribution in [2.75, 3.05) is 0 Å². The smallest absolute Gasteiger partial charge is 0.155 e. The van der Waals surface area contributed by atoms with Gasteiger partial charge in [-0.3, -0.25) is 0 Å². The van der Waals surface area contributed by atoms with Crippen molar-refractivity contribution in [3.63, 3.8) is 0 Å². The summed E-state index contributed by atoms with van der Waals surface area (Å²) in [5.41, 5.74) is 12.8. The summed E-state index contributed by atoms with van der Waals surface area (Å²) in [7, 11) is 0. The largest absolute Gasteiger partial charge is 0.506 e. The van der Waals surface area contributed by atoms with Gasteiger partial charge in [0.05, 0.1) is 0 Å². The van der Waals surface area contributed by atoms with Crippen LogP contribution in [0.5, 0.6) is 0 Å². The van der Waals surface area contributed by atoms with Crippen LogP contribution in [0.4, 0.5) is 0 Å². The Balaban J connectivity index is 1.71. The summed E-state index contributed by atoms with van der Waals surface area (Å²) in [5.74, 6) is 0. The van der Waals surface area contributed by atoms with Crippen molar-refractivity contribution in [2.45, 2.75) is 62.9 Å². The van der Waals surface area contributed by atoms with E-state index in [2.05, 4.69) is 30.3 Å². The fraction of sp³-hybridized carbons (Fsp3) is 0.647. The van der Waals surface area contributed by atoms with Gasteiger partial charge < -0.3 is 10.2 Å². The highest BCUT2D eigenvalue weighted by Crippen LogP contribution is 2.59. The Morgan fingerprint density at radius 1 is 1.05 bits per heavy atom. The summed E-state index contributed by atoms with van der Waals surface area (Å²) >= 11 is 0. The first-order chi connectivity index (χ1) is 9.22. The second-order valence-corrected chi connectivity index (χ2v) is 7.14. The number of rotatable bonds is 2.